The van der Waals surface area contributed by atoms with Gasteiger partial charge in [-0.2, -0.15) is 0 Å². The lowest BCUT2D eigenvalue weighted by atomic mass is 9.73. The van der Waals surface area contributed by atoms with Crippen LogP contribution in [0.15, 0.2) is 0 Å². The fourth-order valence-electron chi connectivity index (χ4n) is 2.62. The molecule has 3 nitrogen and oxygen atoms in total. The van der Waals surface area contributed by atoms with Crippen LogP contribution in [-0.2, 0) is 4.79 Å². The highest BCUT2D eigenvalue weighted by Crippen LogP contribution is 2.33. The monoisotopic (exact) mass is 240 g/mol. The van der Waals surface area contributed by atoms with Gasteiger partial charge in [-0.1, -0.05) is 40.5 Å². The van der Waals surface area contributed by atoms with E-state index in [1.54, 1.807) is 0 Å². The summed E-state index contributed by atoms with van der Waals surface area (Å²) < 4.78 is 0. The first-order valence-corrected chi connectivity index (χ1v) is 6.95. The number of hydrogen-bond acceptors (Lipinski definition) is 2. The molecule has 0 aromatic rings. The van der Waals surface area contributed by atoms with Crippen LogP contribution in [0, 0.1) is 17.8 Å². The maximum absolute atomic E-state index is 12.2. The van der Waals surface area contributed by atoms with Gasteiger partial charge in [0.05, 0.1) is 5.54 Å². The zero-order valence-corrected chi connectivity index (χ0v) is 11.8. The Morgan fingerprint density at radius 1 is 1.41 bits per heavy atom. The first-order chi connectivity index (χ1) is 7.93. The second-order valence-corrected chi connectivity index (χ2v) is 6.03. The number of carbonyl (C=O) groups excluding carboxylic acids is 1. The first kappa shape index (κ1) is 14.5. The van der Waals surface area contributed by atoms with Crippen molar-refractivity contribution in [2.75, 3.05) is 6.54 Å². The second-order valence-electron chi connectivity index (χ2n) is 6.03. The Balaban J connectivity index is 2.71. The largest absolute Gasteiger partial charge is 0.349 e. The summed E-state index contributed by atoms with van der Waals surface area (Å²) in [6, 6.07) is 0. The van der Waals surface area contributed by atoms with E-state index >= 15 is 0 Å². The first-order valence-electron chi connectivity index (χ1n) is 6.95. The van der Waals surface area contributed by atoms with E-state index in [1.165, 1.54) is 19.3 Å². The van der Waals surface area contributed by atoms with E-state index in [1.807, 2.05) is 6.92 Å². The molecule has 3 N–H and O–H groups in total. The average molecular weight is 240 g/mol. The zero-order chi connectivity index (χ0) is 13.1. The van der Waals surface area contributed by atoms with Gasteiger partial charge in [-0.05, 0) is 24.7 Å². The molecule has 0 aliphatic heterocycles. The van der Waals surface area contributed by atoms with Gasteiger partial charge >= 0.3 is 0 Å². The minimum absolute atomic E-state index is 0.0625. The maximum atomic E-state index is 12.2. The molecule has 100 valence electrons. The van der Waals surface area contributed by atoms with E-state index in [0.717, 1.165) is 6.42 Å². The minimum Gasteiger partial charge on any atom is -0.349 e. The van der Waals surface area contributed by atoms with Gasteiger partial charge in [0, 0.05) is 12.5 Å². The number of amides is 1. The molecule has 1 fully saturated rings. The van der Waals surface area contributed by atoms with Crippen LogP contribution in [0.3, 0.4) is 0 Å². The average Bonchev–Trinajstić information content (AvgIpc) is 2.31. The van der Waals surface area contributed by atoms with Crippen LogP contribution in [0.4, 0.5) is 0 Å². The van der Waals surface area contributed by atoms with Crippen LogP contribution in [0.2, 0.25) is 0 Å². The van der Waals surface area contributed by atoms with Crippen molar-refractivity contribution in [1.82, 2.24) is 5.32 Å². The molecule has 0 saturated heterocycles. The molecule has 3 atom stereocenters. The molecule has 0 heterocycles. The second kappa shape index (κ2) is 5.85. The molecule has 3 unspecified atom stereocenters. The van der Waals surface area contributed by atoms with Crippen molar-refractivity contribution < 1.29 is 4.79 Å². The maximum Gasteiger partial charge on any atom is 0.223 e. The third-order valence-electron chi connectivity index (χ3n) is 4.60. The Bertz CT molecular complexity index is 265. The lowest BCUT2D eigenvalue weighted by molar-refractivity contribution is -0.128. The van der Waals surface area contributed by atoms with Crippen molar-refractivity contribution >= 4 is 5.91 Å². The Labute approximate surface area is 106 Å². The molecule has 1 aliphatic rings. The Kier molecular flexibility index (Phi) is 4.99. The smallest absolute Gasteiger partial charge is 0.223 e. The normalized spacial score (nSPS) is 31.3. The summed E-state index contributed by atoms with van der Waals surface area (Å²) in [7, 11) is 0. The van der Waals surface area contributed by atoms with Gasteiger partial charge in [0.1, 0.15) is 0 Å². The summed E-state index contributed by atoms with van der Waals surface area (Å²) in [5.41, 5.74) is 5.78. The van der Waals surface area contributed by atoms with Crippen molar-refractivity contribution in [1.29, 1.82) is 0 Å². The van der Waals surface area contributed by atoms with Gasteiger partial charge in [0.15, 0.2) is 0 Å². The Morgan fingerprint density at radius 2 is 2.06 bits per heavy atom. The van der Waals surface area contributed by atoms with E-state index in [-0.39, 0.29) is 17.4 Å². The fourth-order valence-corrected chi connectivity index (χ4v) is 2.62. The van der Waals surface area contributed by atoms with Gasteiger partial charge < -0.3 is 11.1 Å². The van der Waals surface area contributed by atoms with Crippen LogP contribution >= 0.6 is 0 Å². The lowest BCUT2D eigenvalue weighted by Crippen LogP contribution is -2.60. The summed E-state index contributed by atoms with van der Waals surface area (Å²) in [4.78, 5) is 12.2. The molecule has 0 bridgehead atoms. The van der Waals surface area contributed by atoms with Crippen LogP contribution in [0.25, 0.3) is 0 Å². The number of rotatable bonds is 4. The predicted octanol–water partition coefficient (Wildman–Crippen LogP) is 2.30. The Hall–Kier alpha value is -0.570. The van der Waals surface area contributed by atoms with E-state index in [2.05, 4.69) is 26.1 Å². The lowest BCUT2D eigenvalue weighted by Gasteiger charge is -2.43. The topological polar surface area (TPSA) is 55.1 Å². The van der Waals surface area contributed by atoms with Crippen molar-refractivity contribution in [3.05, 3.63) is 0 Å². The van der Waals surface area contributed by atoms with Crippen molar-refractivity contribution in [3.8, 4) is 0 Å². The van der Waals surface area contributed by atoms with E-state index < -0.39 is 0 Å². The van der Waals surface area contributed by atoms with Crippen molar-refractivity contribution in [3.63, 3.8) is 0 Å². The highest BCUT2D eigenvalue weighted by molar-refractivity contribution is 5.79. The van der Waals surface area contributed by atoms with E-state index in [0.29, 0.717) is 18.4 Å². The highest BCUT2D eigenvalue weighted by Gasteiger charge is 2.39. The molecule has 17 heavy (non-hydrogen) atoms. The molecule has 1 amide bonds. The van der Waals surface area contributed by atoms with Crippen LogP contribution in [0.1, 0.15) is 53.4 Å². The van der Waals surface area contributed by atoms with E-state index in [4.69, 9.17) is 5.73 Å². The van der Waals surface area contributed by atoms with Crippen LogP contribution < -0.4 is 11.1 Å². The van der Waals surface area contributed by atoms with Crippen LogP contribution in [0.5, 0.6) is 0 Å². The standard InChI is InChI=1S/C14H28N2O/c1-10(2)12(4)13(17)16-14(9-15)8-6-5-7-11(14)3/h10-12H,5-9,15H2,1-4H3,(H,16,17). The summed E-state index contributed by atoms with van der Waals surface area (Å²) in [5, 5.41) is 3.25. The highest BCUT2D eigenvalue weighted by atomic mass is 16.2. The number of hydrogen-bond donors (Lipinski definition) is 2. The zero-order valence-electron chi connectivity index (χ0n) is 11.8. The van der Waals surface area contributed by atoms with Gasteiger partial charge in [-0.25, -0.2) is 0 Å². The SMILES string of the molecule is CC(C)C(C)C(=O)NC1(CN)CCCCC1C. The molecule has 1 aliphatic carbocycles. The van der Waals surface area contributed by atoms with Gasteiger partial charge in [0.2, 0.25) is 5.91 Å². The van der Waals surface area contributed by atoms with Gasteiger partial charge in [-0.3, -0.25) is 4.79 Å². The molecule has 0 aromatic heterocycles. The number of nitrogens with two attached hydrogens (primary N) is 1. The molecule has 1 rings (SSSR count). The summed E-state index contributed by atoms with van der Waals surface area (Å²) >= 11 is 0. The van der Waals surface area contributed by atoms with Gasteiger partial charge in [0.25, 0.3) is 0 Å². The fraction of sp³-hybridized carbons (Fsp3) is 0.929. The molecule has 1 saturated carbocycles. The quantitative estimate of drug-likeness (QED) is 0.792. The molecular formula is C14H28N2O. The summed E-state index contributed by atoms with van der Waals surface area (Å²) in [6.45, 7) is 8.95. The summed E-state index contributed by atoms with van der Waals surface area (Å²) in [5.74, 6) is 1.10. The van der Waals surface area contributed by atoms with Gasteiger partial charge in [-0.15, -0.1) is 0 Å². The Morgan fingerprint density at radius 3 is 2.53 bits per heavy atom. The van der Waals surface area contributed by atoms with Crippen molar-refractivity contribution in [2.24, 2.45) is 23.5 Å². The number of carbonyl (C=O) groups is 1. The predicted molar refractivity (Wildman–Crippen MR) is 71.6 cm³/mol. The number of nitrogens with one attached hydrogen (secondary N) is 1. The molecule has 0 aromatic carbocycles. The van der Waals surface area contributed by atoms with Crippen LogP contribution in [-0.4, -0.2) is 18.0 Å². The molecule has 3 heteroatoms. The third-order valence-corrected chi connectivity index (χ3v) is 4.60. The summed E-state index contributed by atoms with van der Waals surface area (Å²) in [6.07, 6.45) is 4.64. The molecular weight excluding hydrogens is 212 g/mol. The minimum atomic E-state index is -0.154. The van der Waals surface area contributed by atoms with Crippen molar-refractivity contribution in [2.45, 2.75) is 58.9 Å². The van der Waals surface area contributed by atoms with E-state index in [9.17, 15) is 4.79 Å². The molecule has 0 radical (unpaired) electrons. The third kappa shape index (κ3) is 3.21. The molecule has 0 spiro atoms.